The highest BCUT2D eigenvalue weighted by Gasteiger charge is 2.18. The lowest BCUT2D eigenvalue weighted by Crippen LogP contribution is -2.30. The number of hydrogen-bond acceptors (Lipinski definition) is 6. The predicted octanol–water partition coefficient (Wildman–Crippen LogP) is 2.06. The number of amides is 1. The number of carbonyl (C=O) groups is 1. The van der Waals surface area contributed by atoms with Crippen molar-refractivity contribution in [3.05, 3.63) is 42.0 Å². The molecule has 3 rings (SSSR count). The third kappa shape index (κ3) is 5.63. The molecule has 2 aromatic rings. The maximum atomic E-state index is 14.9. The van der Waals surface area contributed by atoms with E-state index in [2.05, 4.69) is 15.0 Å². The third-order valence-electron chi connectivity index (χ3n) is 4.81. The van der Waals surface area contributed by atoms with Crippen LogP contribution in [0, 0.1) is 11.7 Å². The van der Waals surface area contributed by atoms with E-state index < -0.39 is 17.9 Å². The average molecular weight is 416 g/mol. The topological polar surface area (TPSA) is 129 Å². The Balaban J connectivity index is 1.68. The summed E-state index contributed by atoms with van der Waals surface area (Å²) in [6, 6.07) is 4.78. The van der Waals surface area contributed by atoms with Crippen LogP contribution in [0.25, 0.3) is 11.1 Å². The molecule has 1 aliphatic heterocycles. The SMILES string of the molecule is CN(CC1CCOCC1)c1ncc(-c2cccc(COC(=O)N=C(N)N)c2F)cn1. The third-order valence-corrected chi connectivity index (χ3v) is 4.81. The first-order valence-electron chi connectivity index (χ1n) is 9.59. The number of rotatable bonds is 6. The van der Waals surface area contributed by atoms with Gasteiger partial charge in [-0.25, -0.2) is 19.2 Å². The van der Waals surface area contributed by atoms with E-state index in [1.54, 1.807) is 24.5 Å². The van der Waals surface area contributed by atoms with Crippen molar-refractivity contribution in [2.24, 2.45) is 22.4 Å². The number of hydrogen-bond donors (Lipinski definition) is 2. The maximum Gasteiger partial charge on any atom is 0.437 e. The number of nitrogens with two attached hydrogens (primary N) is 2. The highest BCUT2D eigenvalue weighted by atomic mass is 19.1. The number of carbonyl (C=O) groups excluding carboxylic acids is 1. The summed E-state index contributed by atoms with van der Waals surface area (Å²) in [6.45, 7) is 2.11. The lowest BCUT2D eigenvalue weighted by molar-refractivity contribution is 0.0684. The fourth-order valence-corrected chi connectivity index (χ4v) is 3.25. The molecular formula is C20H25FN6O3. The minimum Gasteiger partial charge on any atom is -0.443 e. The number of benzene rings is 1. The van der Waals surface area contributed by atoms with Crippen molar-refractivity contribution < 1.29 is 18.7 Å². The smallest absolute Gasteiger partial charge is 0.437 e. The summed E-state index contributed by atoms with van der Waals surface area (Å²) in [7, 11) is 1.94. The van der Waals surface area contributed by atoms with Crippen LogP contribution in [0.3, 0.4) is 0 Å². The zero-order valence-electron chi connectivity index (χ0n) is 16.8. The lowest BCUT2D eigenvalue weighted by Gasteiger charge is -2.27. The number of halogens is 1. The summed E-state index contributed by atoms with van der Waals surface area (Å²) in [5.41, 5.74) is 11.2. The molecule has 4 N–H and O–H groups in total. The first kappa shape index (κ1) is 21.4. The number of aromatic nitrogens is 2. The Kier molecular flexibility index (Phi) is 7.12. The Hall–Kier alpha value is -3.27. The van der Waals surface area contributed by atoms with E-state index >= 15 is 0 Å². The number of anilines is 1. The summed E-state index contributed by atoms with van der Waals surface area (Å²) in [6.07, 6.45) is 4.22. The van der Waals surface area contributed by atoms with Gasteiger partial charge in [-0.3, -0.25) is 0 Å². The largest absolute Gasteiger partial charge is 0.443 e. The molecule has 0 atom stereocenters. The first-order chi connectivity index (χ1) is 14.4. The van der Waals surface area contributed by atoms with E-state index in [0.29, 0.717) is 23.0 Å². The van der Waals surface area contributed by atoms with Crippen LogP contribution in [0.1, 0.15) is 18.4 Å². The van der Waals surface area contributed by atoms with Gasteiger partial charge in [-0.15, -0.1) is 4.99 Å². The molecule has 9 nitrogen and oxygen atoms in total. The van der Waals surface area contributed by atoms with Gasteiger partial charge in [0.15, 0.2) is 5.96 Å². The number of ether oxygens (including phenoxy) is 2. The molecule has 1 aromatic heterocycles. The Morgan fingerprint density at radius 1 is 1.30 bits per heavy atom. The molecule has 2 heterocycles. The quantitative estimate of drug-likeness (QED) is 0.541. The van der Waals surface area contributed by atoms with Gasteiger partial charge in [-0.2, -0.15) is 0 Å². The molecular weight excluding hydrogens is 391 g/mol. The van der Waals surface area contributed by atoms with Gasteiger partial charge in [0.1, 0.15) is 12.4 Å². The van der Waals surface area contributed by atoms with Crippen molar-refractivity contribution in [1.29, 1.82) is 0 Å². The fourth-order valence-electron chi connectivity index (χ4n) is 3.25. The first-order valence-corrected chi connectivity index (χ1v) is 9.59. The van der Waals surface area contributed by atoms with Gasteiger partial charge in [0, 0.05) is 55.9 Å². The summed E-state index contributed by atoms with van der Waals surface area (Å²) in [5, 5.41) is 0. The summed E-state index contributed by atoms with van der Waals surface area (Å²) in [5.74, 6) is 0.172. The summed E-state index contributed by atoms with van der Waals surface area (Å²) < 4.78 is 25.1. The van der Waals surface area contributed by atoms with Gasteiger partial charge in [0.05, 0.1) is 0 Å². The molecule has 0 bridgehead atoms. The molecule has 1 aromatic carbocycles. The van der Waals surface area contributed by atoms with E-state index in [9.17, 15) is 9.18 Å². The van der Waals surface area contributed by atoms with Crippen LogP contribution in [0.2, 0.25) is 0 Å². The van der Waals surface area contributed by atoms with Crippen molar-refractivity contribution in [2.75, 3.05) is 31.7 Å². The van der Waals surface area contributed by atoms with E-state index in [1.807, 2.05) is 11.9 Å². The molecule has 0 radical (unpaired) electrons. The average Bonchev–Trinajstić information content (AvgIpc) is 2.73. The number of guanidine groups is 1. The molecule has 1 aliphatic rings. The molecule has 0 spiro atoms. The zero-order valence-corrected chi connectivity index (χ0v) is 16.8. The molecule has 30 heavy (non-hydrogen) atoms. The van der Waals surface area contributed by atoms with Crippen molar-refractivity contribution in [3.63, 3.8) is 0 Å². The molecule has 0 saturated carbocycles. The number of aliphatic imine (C=N–C) groups is 1. The second kappa shape index (κ2) is 9.97. The minimum absolute atomic E-state index is 0.187. The van der Waals surface area contributed by atoms with E-state index in [4.69, 9.17) is 20.9 Å². The van der Waals surface area contributed by atoms with Crippen LogP contribution < -0.4 is 16.4 Å². The van der Waals surface area contributed by atoms with Crippen LogP contribution in [0.5, 0.6) is 0 Å². The predicted molar refractivity (Wildman–Crippen MR) is 110 cm³/mol. The number of nitrogens with zero attached hydrogens (tertiary/aromatic N) is 4. The van der Waals surface area contributed by atoms with E-state index in [-0.39, 0.29) is 12.2 Å². The van der Waals surface area contributed by atoms with Crippen molar-refractivity contribution in [3.8, 4) is 11.1 Å². The van der Waals surface area contributed by atoms with Gasteiger partial charge >= 0.3 is 6.09 Å². The highest BCUT2D eigenvalue weighted by Crippen LogP contribution is 2.25. The lowest BCUT2D eigenvalue weighted by atomic mass is 10.00. The molecule has 0 aliphatic carbocycles. The van der Waals surface area contributed by atoms with Crippen LogP contribution in [-0.4, -0.2) is 48.8 Å². The van der Waals surface area contributed by atoms with Gasteiger partial charge in [-0.1, -0.05) is 18.2 Å². The zero-order chi connectivity index (χ0) is 21.5. The summed E-state index contributed by atoms with van der Waals surface area (Å²) >= 11 is 0. The molecule has 1 saturated heterocycles. The van der Waals surface area contributed by atoms with Crippen molar-refractivity contribution in [1.82, 2.24) is 9.97 Å². The standard InChI is InChI=1S/C20H25FN6O3/c1-27(11-13-5-7-29-8-6-13)19-24-9-15(10-25-19)16-4-2-3-14(17(16)21)12-30-20(28)26-18(22)23/h2-4,9-10,13H,5-8,11-12H2,1H3,(H4,22,23,26,28). The second-order valence-electron chi connectivity index (χ2n) is 7.08. The second-order valence-corrected chi connectivity index (χ2v) is 7.08. The molecule has 1 fully saturated rings. The molecule has 0 unspecified atom stereocenters. The van der Waals surface area contributed by atoms with Gasteiger partial charge in [0.2, 0.25) is 5.95 Å². The molecule has 1 amide bonds. The highest BCUT2D eigenvalue weighted by molar-refractivity contribution is 5.87. The van der Waals surface area contributed by atoms with Gasteiger partial charge in [0.25, 0.3) is 0 Å². The van der Waals surface area contributed by atoms with E-state index in [1.165, 1.54) is 6.07 Å². The normalized spacial score (nSPS) is 14.2. The van der Waals surface area contributed by atoms with Crippen molar-refractivity contribution in [2.45, 2.75) is 19.4 Å². The van der Waals surface area contributed by atoms with Gasteiger partial charge in [-0.05, 0) is 18.8 Å². The fraction of sp³-hybridized carbons (Fsp3) is 0.400. The van der Waals surface area contributed by atoms with Gasteiger partial charge < -0.3 is 25.8 Å². The van der Waals surface area contributed by atoms with Crippen LogP contribution >= 0.6 is 0 Å². The van der Waals surface area contributed by atoms with Crippen LogP contribution in [0.15, 0.2) is 35.6 Å². The van der Waals surface area contributed by atoms with Crippen molar-refractivity contribution >= 4 is 18.0 Å². The minimum atomic E-state index is -0.986. The van der Waals surface area contributed by atoms with Crippen LogP contribution in [-0.2, 0) is 16.1 Å². The van der Waals surface area contributed by atoms with E-state index in [0.717, 1.165) is 32.6 Å². The Morgan fingerprint density at radius 3 is 2.67 bits per heavy atom. The maximum absolute atomic E-state index is 14.9. The molecule has 160 valence electrons. The van der Waals surface area contributed by atoms with Crippen LogP contribution in [0.4, 0.5) is 15.1 Å². The Morgan fingerprint density at radius 2 is 2.00 bits per heavy atom. The molecule has 10 heteroatoms. The summed E-state index contributed by atoms with van der Waals surface area (Å²) in [4.78, 5) is 25.4. The Labute approximate surface area is 173 Å². The Bertz CT molecular complexity index is 896. The monoisotopic (exact) mass is 416 g/mol.